The molecular weight excluding hydrogens is 398 g/mol. The smallest absolute Gasteiger partial charge is 0.253 e. The van der Waals surface area contributed by atoms with Gasteiger partial charge < -0.3 is 9.64 Å². The highest BCUT2D eigenvalue weighted by atomic mass is 16.5. The van der Waals surface area contributed by atoms with Gasteiger partial charge in [0.1, 0.15) is 5.75 Å². The maximum Gasteiger partial charge on any atom is 0.253 e. The predicted molar refractivity (Wildman–Crippen MR) is 128 cm³/mol. The van der Waals surface area contributed by atoms with Gasteiger partial charge in [0.05, 0.1) is 6.61 Å². The van der Waals surface area contributed by atoms with Gasteiger partial charge >= 0.3 is 0 Å². The summed E-state index contributed by atoms with van der Waals surface area (Å²) in [6.45, 7) is 11.4. The molecule has 1 spiro atoms. The van der Waals surface area contributed by atoms with Crippen LogP contribution in [0.5, 0.6) is 5.75 Å². The largest absolute Gasteiger partial charge is 0.493 e. The molecule has 0 aliphatic carbocycles. The van der Waals surface area contributed by atoms with E-state index in [1.165, 1.54) is 18.4 Å². The molecule has 1 aromatic heterocycles. The number of carbonyl (C=O) groups excluding carboxylic acids is 1. The lowest BCUT2D eigenvalue weighted by Crippen LogP contribution is -2.48. The van der Waals surface area contributed by atoms with Crippen molar-refractivity contribution >= 4 is 5.91 Å². The number of hydrogen-bond acceptors (Lipinski definition) is 4. The second-order valence-corrected chi connectivity index (χ2v) is 9.98. The summed E-state index contributed by atoms with van der Waals surface area (Å²) in [6, 6.07) is 12.5. The summed E-state index contributed by atoms with van der Waals surface area (Å²) in [7, 11) is 0. The fourth-order valence-electron chi connectivity index (χ4n) is 5.16. The maximum absolute atomic E-state index is 12.8. The number of carbonyl (C=O) groups is 1. The average molecular weight is 436 g/mol. The van der Waals surface area contributed by atoms with Gasteiger partial charge in [0, 0.05) is 42.7 Å². The second-order valence-electron chi connectivity index (χ2n) is 9.98. The number of likely N-dealkylation sites (tertiary alicyclic amines) is 2. The average Bonchev–Trinajstić information content (AvgIpc) is 2.83. The van der Waals surface area contributed by atoms with Crippen LogP contribution in [-0.2, 0) is 0 Å². The number of rotatable bonds is 6. The van der Waals surface area contributed by atoms with Crippen molar-refractivity contribution in [1.82, 2.24) is 14.8 Å². The van der Waals surface area contributed by atoms with Crippen LogP contribution < -0.4 is 4.74 Å². The first kappa shape index (κ1) is 22.8. The van der Waals surface area contributed by atoms with Gasteiger partial charge in [0.15, 0.2) is 0 Å². The molecule has 172 valence electrons. The van der Waals surface area contributed by atoms with Gasteiger partial charge in [-0.3, -0.25) is 14.7 Å². The molecule has 2 aromatic rings. The molecule has 0 saturated carbocycles. The number of para-hydroxylation sites is 1. The first-order valence-electron chi connectivity index (χ1n) is 12.1. The lowest BCUT2D eigenvalue weighted by atomic mass is 9.71. The molecule has 1 unspecified atom stereocenters. The van der Waals surface area contributed by atoms with E-state index in [0.717, 1.165) is 56.9 Å². The highest BCUT2D eigenvalue weighted by Gasteiger charge is 2.39. The summed E-state index contributed by atoms with van der Waals surface area (Å²) in [5, 5.41) is 0. The Kier molecular flexibility index (Phi) is 7.14. The molecule has 5 heteroatoms. The van der Waals surface area contributed by atoms with Crippen LogP contribution in [0.15, 0.2) is 48.8 Å². The summed E-state index contributed by atoms with van der Waals surface area (Å²) < 4.78 is 6.12. The van der Waals surface area contributed by atoms with Gasteiger partial charge in [-0.1, -0.05) is 32.0 Å². The summed E-state index contributed by atoms with van der Waals surface area (Å²) in [4.78, 5) is 21.4. The molecule has 4 rings (SSSR count). The highest BCUT2D eigenvalue weighted by molar-refractivity contribution is 5.94. The minimum Gasteiger partial charge on any atom is -0.493 e. The number of hydrogen-bond donors (Lipinski definition) is 0. The zero-order valence-corrected chi connectivity index (χ0v) is 19.8. The fourth-order valence-corrected chi connectivity index (χ4v) is 5.16. The quantitative estimate of drug-likeness (QED) is 0.626. The van der Waals surface area contributed by atoms with Gasteiger partial charge in [0.25, 0.3) is 5.91 Å². The Balaban J connectivity index is 1.32. The lowest BCUT2D eigenvalue weighted by molar-refractivity contribution is 0.0207. The van der Waals surface area contributed by atoms with E-state index in [0.29, 0.717) is 17.4 Å². The van der Waals surface area contributed by atoms with E-state index in [1.54, 1.807) is 12.4 Å². The number of ether oxygens (including phenoxy) is 1. The molecule has 0 bridgehead atoms. The third-order valence-electron chi connectivity index (χ3n) is 7.39. The monoisotopic (exact) mass is 435 g/mol. The molecule has 2 fully saturated rings. The first-order chi connectivity index (χ1) is 15.5. The van der Waals surface area contributed by atoms with Crippen molar-refractivity contribution < 1.29 is 9.53 Å². The van der Waals surface area contributed by atoms with Crippen molar-refractivity contribution in [2.24, 2.45) is 11.3 Å². The van der Waals surface area contributed by atoms with Crippen LogP contribution in [0.2, 0.25) is 0 Å². The molecule has 2 aliphatic rings. The Morgan fingerprint density at radius 2 is 1.59 bits per heavy atom. The van der Waals surface area contributed by atoms with Crippen LogP contribution in [0.1, 0.15) is 68.4 Å². The molecule has 0 radical (unpaired) electrons. The van der Waals surface area contributed by atoms with Gasteiger partial charge in [-0.2, -0.15) is 0 Å². The van der Waals surface area contributed by atoms with Gasteiger partial charge in [-0.25, -0.2) is 0 Å². The van der Waals surface area contributed by atoms with Crippen LogP contribution in [0, 0.1) is 11.3 Å². The van der Waals surface area contributed by atoms with Crippen LogP contribution in [0.25, 0.3) is 0 Å². The molecular formula is C27H37N3O2. The van der Waals surface area contributed by atoms with Crippen LogP contribution in [0.4, 0.5) is 0 Å². The number of nitrogens with zero attached hydrogens (tertiary/aromatic N) is 3. The molecule has 1 amide bonds. The Bertz CT molecular complexity index is 881. The minimum absolute atomic E-state index is 0.145. The maximum atomic E-state index is 12.8. The number of piperidine rings is 2. The standard InChI is InChI=1S/C27H37N3O2/c1-21(2)20-32-25-7-5-4-6-24(25)22(3)29-16-10-27(11-17-29)12-18-30(19-13-27)26(31)23-8-14-28-15-9-23/h4-9,14-15,21-22H,10-13,16-20H2,1-3H3. The Morgan fingerprint density at radius 3 is 2.25 bits per heavy atom. The van der Waals surface area contributed by atoms with E-state index in [4.69, 9.17) is 4.74 Å². The van der Waals surface area contributed by atoms with Crippen LogP contribution in [0.3, 0.4) is 0 Å². The van der Waals surface area contributed by atoms with E-state index in [-0.39, 0.29) is 5.91 Å². The van der Waals surface area contributed by atoms with Crippen molar-refractivity contribution in [3.05, 3.63) is 59.9 Å². The third kappa shape index (κ3) is 5.15. The minimum atomic E-state index is 0.145. The zero-order valence-electron chi connectivity index (χ0n) is 19.8. The molecule has 0 N–H and O–H groups in total. The highest BCUT2D eigenvalue weighted by Crippen LogP contribution is 2.43. The van der Waals surface area contributed by atoms with Crippen molar-refractivity contribution in [3.8, 4) is 5.75 Å². The van der Waals surface area contributed by atoms with Crippen LogP contribution in [-0.4, -0.2) is 53.5 Å². The van der Waals surface area contributed by atoms with E-state index >= 15 is 0 Å². The number of benzene rings is 1. The summed E-state index contributed by atoms with van der Waals surface area (Å²) in [6.07, 6.45) is 8.04. The molecule has 1 aromatic carbocycles. The fraction of sp³-hybridized carbons (Fsp3) is 0.556. The normalized spacial score (nSPS) is 19.8. The topological polar surface area (TPSA) is 45.7 Å². The molecule has 1 atom stereocenters. The second kappa shape index (κ2) is 10.0. The zero-order chi connectivity index (χ0) is 22.6. The van der Waals surface area contributed by atoms with E-state index in [2.05, 4.69) is 54.9 Å². The van der Waals surface area contributed by atoms with Crippen LogP contribution >= 0.6 is 0 Å². The summed E-state index contributed by atoms with van der Waals surface area (Å²) >= 11 is 0. The number of aromatic nitrogens is 1. The lowest BCUT2D eigenvalue weighted by Gasteiger charge is -2.48. The van der Waals surface area contributed by atoms with Crippen molar-refractivity contribution in [2.45, 2.75) is 52.5 Å². The van der Waals surface area contributed by atoms with Crippen molar-refractivity contribution in [1.29, 1.82) is 0 Å². The number of amides is 1. The molecule has 2 saturated heterocycles. The molecule has 32 heavy (non-hydrogen) atoms. The Hall–Kier alpha value is -2.40. The van der Waals surface area contributed by atoms with E-state index in [1.807, 2.05) is 17.0 Å². The Morgan fingerprint density at radius 1 is 0.969 bits per heavy atom. The molecule has 3 heterocycles. The SMILES string of the molecule is CC(C)COc1ccccc1C(C)N1CCC2(CCN(C(=O)c3ccncc3)CC2)CC1. The first-order valence-corrected chi connectivity index (χ1v) is 12.1. The molecule has 2 aliphatic heterocycles. The molecule has 5 nitrogen and oxygen atoms in total. The van der Waals surface area contributed by atoms with Gasteiger partial charge in [-0.05, 0) is 75.2 Å². The predicted octanol–water partition coefficient (Wildman–Crippen LogP) is 5.20. The van der Waals surface area contributed by atoms with Crippen molar-refractivity contribution in [3.63, 3.8) is 0 Å². The summed E-state index contributed by atoms with van der Waals surface area (Å²) in [5.74, 6) is 1.69. The third-order valence-corrected chi connectivity index (χ3v) is 7.39. The van der Waals surface area contributed by atoms with E-state index in [9.17, 15) is 4.79 Å². The van der Waals surface area contributed by atoms with E-state index < -0.39 is 0 Å². The number of pyridine rings is 1. The van der Waals surface area contributed by atoms with Crippen molar-refractivity contribution in [2.75, 3.05) is 32.8 Å². The summed E-state index contributed by atoms with van der Waals surface area (Å²) in [5.41, 5.74) is 2.43. The Labute approximate surface area is 192 Å². The van der Waals surface area contributed by atoms with Gasteiger partial charge in [0.2, 0.25) is 0 Å². The van der Waals surface area contributed by atoms with Gasteiger partial charge in [-0.15, -0.1) is 0 Å².